The third-order valence-electron chi connectivity index (χ3n) is 2.05. The van der Waals surface area contributed by atoms with Crippen LogP contribution in [0.5, 0.6) is 0 Å². The van der Waals surface area contributed by atoms with Crippen molar-refractivity contribution in [2.24, 2.45) is 0 Å². The molecule has 1 heterocycles. The summed E-state index contributed by atoms with van der Waals surface area (Å²) in [6.45, 7) is 2.05. The Balaban J connectivity index is 2.47. The summed E-state index contributed by atoms with van der Waals surface area (Å²) in [4.78, 5) is 11.5. The molecule has 0 radical (unpaired) electrons. The van der Waals surface area contributed by atoms with Gasteiger partial charge in [0.2, 0.25) is 0 Å². The number of aromatic nitrogens is 2. The van der Waals surface area contributed by atoms with E-state index in [-0.39, 0.29) is 18.6 Å². The number of H-pyrrole nitrogens is 1. The average Bonchev–Trinajstić information content (AvgIpc) is 2.69. The highest BCUT2D eigenvalue weighted by Gasteiger charge is 2.11. The number of carbonyl (C=O) groups is 1. The second-order valence-electron chi connectivity index (χ2n) is 3.06. The third kappa shape index (κ3) is 2.85. The summed E-state index contributed by atoms with van der Waals surface area (Å²) < 4.78 is 0. The lowest BCUT2D eigenvalue weighted by atomic mass is 10.1. The van der Waals surface area contributed by atoms with Gasteiger partial charge in [0.1, 0.15) is 5.69 Å². The highest BCUT2D eigenvalue weighted by Crippen LogP contribution is 1.99. The van der Waals surface area contributed by atoms with Crippen LogP contribution >= 0.6 is 0 Å². The number of hydrogen-bond acceptors (Lipinski definition) is 3. The highest BCUT2D eigenvalue weighted by atomic mass is 16.3. The van der Waals surface area contributed by atoms with E-state index in [2.05, 4.69) is 15.5 Å². The van der Waals surface area contributed by atoms with E-state index in [0.717, 1.165) is 6.42 Å². The molecule has 5 heteroatoms. The zero-order chi connectivity index (χ0) is 10.4. The Morgan fingerprint density at radius 2 is 2.57 bits per heavy atom. The fraction of sp³-hybridized carbons (Fsp3) is 0.556. The van der Waals surface area contributed by atoms with Gasteiger partial charge in [0.25, 0.3) is 5.91 Å². The molecule has 5 nitrogen and oxygen atoms in total. The molecular formula is C9H15N3O2. The van der Waals surface area contributed by atoms with Crippen molar-refractivity contribution in [2.45, 2.75) is 25.8 Å². The van der Waals surface area contributed by atoms with Crippen molar-refractivity contribution in [3.63, 3.8) is 0 Å². The van der Waals surface area contributed by atoms with Gasteiger partial charge < -0.3 is 10.4 Å². The number of rotatable bonds is 5. The van der Waals surface area contributed by atoms with Crippen LogP contribution in [0.15, 0.2) is 12.3 Å². The van der Waals surface area contributed by atoms with E-state index in [1.807, 2.05) is 6.92 Å². The van der Waals surface area contributed by atoms with E-state index in [1.54, 1.807) is 6.07 Å². The molecule has 0 aliphatic carbocycles. The van der Waals surface area contributed by atoms with Crippen molar-refractivity contribution in [1.29, 1.82) is 0 Å². The molecule has 1 aromatic rings. The number of aliphatic hydroxyl groups excluding tert-OH is 1. The van der Waals surface area contributed by atoms with Gasteiger partial charge in [-0.15, -0.1) is 0 Å². The SMILES string of the molecule is CCC(CCO)NC(=O)c1ccn[nH]1. The van der Waals surface area contributed by atoms with Crippen LogP contribution in [-0.2, 0) is 0 Å². The summed E-state index contributed by atoms with van der Waals surface area (Å²) in [6, 6.07) is 1.64. The average molecular weight is 197 g/mol. The van der Waals surface area contributed by atoms with E-state index in [0.29, 0.717) is 12.1 Å². The summed E-state index contributed by atoms with van der Waals surface area (Å²) in [5, 5.41) is 17.8. The monoisotopic (exact) mass is 197 g/mol. The molecule has 1 rings (SSSR count). The fourth-order valence-electron chi connectivity index (χ4n) is 1.18. The van der Waals surface area contributed by atoms with Crippen LogP contribution in [0.4, 0.5) is 0 Å². The highest BCUT2D eigenvalue weighted by molar-refractivity contribution is 5.92. The maximum atomic E-state index is 11.5. The van der Waals surface area contributed by atoms with Crippen LogP contribution in [0.3, 0.4) is 0 Å². The molecule has 1 atom stereocenters. The summed E-state index contributed by atoms with van der Waals surface area (Å²) in [5.41, 5.74) is 0.446. The lowest BCUT2D eigenvalue weighted by Gasteiger charge is -2.14. The second-order valence-corrected chi connectivity index (χ2v) is 3.06. The van der Waals surface area contributed by atoms with Gasteiger partial charge in [0, 0.05) is 18.8 Å². The van der Waals surface area contributed by atoms with Gasteiger partial charge in [-0.05, 0) is 18.9 Å². The second kappa shape index (κ2) is 5.39. The molecule has 0 fully saturated rings. The van der Waals surface area contributed by atoms with Crippen LogP contribution in [0, 0.1) is 0 Å². The molecule has 0 bridgehead atoms. The number of carbonyl (C=O) groups excluding carboxylic acids is 1. The normalized spacial score (nSPS) is 12.4. The Morgan fingerprint density at radius 3 is 3.07 bits per heavy atom. The van der Waals surface area contributed by atoms with Gasteiger partial charge in [0.15, 0.2) is 0 Å². The van der Waals surface area contributed by atoms with E-state index in [4.69, 9.17) is 5.11 Å². The molecule has 1 unspecified atom stereocenters. The summed E-state index contributed by atoms with van der Waals surface area (Å²) in [7, 11) is 0. The first-order chi connectivity index (χ1) is 6.77. The largest absolute Gasteiger partial charge is 0.396 e. The van der Waals surface area contributed by atoms with Crippen LogP contribution in [0.2, 0.25) is 0 Å². The Labute approximate surface area is 82.5 Å². The molecule has 3 N–H and O–H groups in total. The predicted molar refractivity (Wildman–Crippen MR) is 51.8 cm³/mol. The number of aliphatic hydroxyl groups is 1. The molecule has 1 amide bonds. The predicted octanol–water partition coefficient (Wildman–Crippen LogP) is 0.300. The standard InChI is InChI=1S/C9H15N3O2/c1-2-7(4-6-13)11-9(14)8-3-5-10-12-8/h3,5,7,13H,2,4,6H2,1H3,(H,10,12)(H,11,14). The van der Waals surface area contributed by atoms with Gasteiger partial charge in [-0.25, -0.2) is 0 Å². The number of hydrogen-bond donors (Lipinski definition) is 3. The van der Waals surface area contributed by atoms with E-state index in [9.17, 15) is 4.79 Å². The Morgan fingerprint density at radius 1 is 1.79 bits per heavy atom. The Bertz CT molecular complexity index is 272. The van der Waals surface area contributed by atoms with Gasteiger partial charge in [-0.1, -0.05) is 6.92 Å². The maximum Gasteiger partial charge on any atom is 0.269 e. The topological polar surface area (TPSA) is 78.0 Å². The summed E-state index contributed by atoms with van der Waals surface area (Å²) >= 11 is 0. The van der Waals surface area contributed by atoms with E-state index < -0.39 is 0 Å². The summed E-state index contributed by atoms with van der Waals surface area (Å²) in [5.74, 6) is -0.178. The molecule has 1 aromatic heterocycles. The van der Waals surface area contributed by atoms with Crippen LogP contribution < -0.4 is 5.32 Å². The smallest absolute Gasteiger partial charge is 0.269 e. The minimum atomic E-state index is -0.178. The Hall–Kier alpha value is -1.36. The lowest BCUT2D eigenvalue weighted by Crippen LogP contribution is -2.35. The first kappa shape index (κ1) is 10.7. The Kier molecular flexibility index (Phi) is 4.12. The van der Waals surface area contributed by atoms with Crippen molar-refractivity contribution in [1.82, 2.24) is 15.5 Å². The molecule has 0 aliphatic rings. The fourth-order valence-corrected chi connectivity index (χ4v) is 1.18. The molecule has 0 saturated carbocycles. The molecule has 78 valence electrons. The third-order valence-corrected chi connectivity index (χ3v) is 2.05. The number of amides is 1. The molecule has 0 saturated heterocycles. The van der Waals surface area contributed by atoms with Crippen LogP contribution in [0.1, 0.15) is 30.3 Å². The van der Waals surface area contributed by atoms with Crippen molar-refractivity contribution < 1.29 is 9.90 Å². The molecule has 14 heavy (non-hydrogen) atoms. The van der Waals surface area contributed by atoms with Gasteiger partial charge in [-0.3, -0.25) is 9.89 Å². The van der Waals surface area contributed by atoms with Crippen molar-refractivity contribution in [3.05, 3.63) is 18.0 Å². The van der Waals surface area contributed by atoms with E-state index >= 15 is 0 Å². The van der Waals surface area contributed by atoms with Crippen LogP contribution in [0.25, 0.3) is 0 Å². The molecule has 0 aromatic carbocycles. The van der Waals surface area contributed by atoms with Crippen molar-refractivity contribution >= 4 is 5.91 Å². The number of nitrogens with zero attached hydrogens (tertiary/aromatic N) is 1. The zero-order valence-corrected chi connectivity index (χ0v) is 8.16. The molecule has 0 aliphatic heterocycles. The zero-order valence-electron chi connectivity index (χ0n) is 8.16. The maximum absolute atomic E-state index is 11.5. The van der Waals surface area contributed by atoms with Crippen LogP contribution in [-0.4, -0.2) is 33.9 Å². The van der Waals surface area contributed by atoms with Gasteiger partial charge in [0.05, 0.1) is 0 Å². The van der Waals surface area contributed by atoms with Crippen molar-refractivity contribution in [2.75, 3.05) is 6.61 Å². The molecule has 0 spiro atoms. The lowest BCUT2D eigenvalue weighted by molar-refractivity contribution is 0.0924. The molecular weight excluding hydrogens is 182 g/mol. The van der Waals surface area contributed by atoms with Gasteiger partial charge in [-0.2, -0.15) is 5.10 Å². The quantitative estimate of drug-likeness (QED) is 0.635. The number of nitrogens with one attached hydrogen (secondary N) is 2. The van der Waals surface area contributed by atoms with Gasteiger partial charge >= 0.3 is 0 Å². The first-order valence-corrected chi connectivity index (χ1v) is 4.69. The van der Waals surface area contributed by atoms with Crippen molar-refractivity contribution in [3.8, 4) is 0 Å². The first-order valence-electron chi connectivity index (χ1n) is 4.69. The minimum absolute atomic E-state index is 0.0239. The minimum Gasteiger partial charge on any atom is -0.396 e. The van der Waals surface area contributed by atoms with E-state index in [1.165, 1.54) is 6.20 Å². The number of aromatic amines is 1. The summed E-state index contributed by atoms with van der Waals surface area (Å²) in [6.07, 6.45) is 2.92.